The first-order valence-corrected chi connectivity index (χ1v) is 26.2. The molecule has 2 aliphatic heterocycles. The first kappa shape index (κ1) is 54.4. The van der Waals surface area contributed by atoms with Crippen LogP contribution in [0.15, 0.2) is 72.2 Å². The van der Waals surface area contributed by atoms with Gasteiger partial charge in [0.2, 0.25) is 17.7 Å². The lowest BCUT2D eigenvalue weighted by Gasteiger charge is -2.63. The number of likely N-dealkylation sites (tertiary alicyclic amines) is 1. The molecule has 1 aromatic heterocycles. The number of aryl methyl sites for hydroxylation is 2. The minimum absolute atomic E-state index is 0.0187. The van der Waals surface area contributed by atoms with Crippen molar-refractivity contribution in [3.8, 4) is 22.3 Å². The molecule has 3 aliphatic rings. The van der Waals surface area contributed by atoms with Crippen molar-refractivity contribution in [2.24, 2.45) is 16.2 Å². The number of ether oxygens (including phenoxy) is 1. The van der Waals surface area contributed by atoms with Crippen LogP contribution in [-0.4, -0.2) is 136 Å². The Bertz CT molecular complexity index is 2610. The number of hydrogen-bond acceptors (Lipinski definition) is 12. The number of carbonyl (C=O) groups excluding carboxylic acids is 4. The Kier molecular flexibility index (Phi) is 16.9. The summed E-state index contributed by atoms with van der Waals surface area (Å²) in [6.45, 7) is 20.1. The molecule has 4 amide bonds. The number of β-amino-alcohol motifs (C(OH)–C–C–N with tert-alkyl or cyclic N) is 1. The first-order chi connectivity index (χ1) is 34.0. The van der Waals surface area contributed by atoms with Crippen LogP contribution in [0.1, 0.15) is 107 Å². The smallest absolute Gasteiger partial charge is 0.251 e. The monoisotopic (exact) mass is 1020 g/mol. The molecule has 17 heteroatoms. The number of aliphatic hydroxyl groups excluding tert-OH is 2. The molecule has 0 radical (unpaired) electrons. The Balaban J connectivity index is 0.862. The summed E-state index contributed by atoms with van der Waals surface area (Å²) in [7, 11) is 0. The standard InChI is InChI=1S/C55H71ClN8O7S/c1-33(36-16-18-37(19-17-36)46-34(2)58-32-72-46)59-49(69)44-25-41(66)29-64(44)50(70)47(53(3,4)5)60-45(67)30-62-23-24-63(40(28-62)31-65)22-10-11-35-12-14-38(15-13-35)48(68)61-51-54(6,7)52(55(51,8)9)71-42-21-20-39(27-57)43(56)26-42/h12-21,26,32-33,40-41,44,47,51-52,65-66H,10-11,22-25,28-31H2,1-9H3,(H,59,69)(H,60,67)(H,61,68)/t33-,40-,41+,44?,47+,51-,52-/m0/s1. The molecule has 3 heterocycles. The van der Waals surface area contributed by atoms with Crippen molar-refractivity contribution in [3.05, 3.63) is 105 Å². The van der Waals surface area contributed by atoms with Gasteiger partial charge < -0.3 is 35.8 Å². The van der Waals surface area contributed by atoms with E-state index in [1.165, 1.54) is 4.90 Å². The molecule has 1 aliphatic carbocycles. The molecule has 1 unspecified atom stereocenters. The van der Waals surface area contributed by atoms with E-state index in [1.54, 1.807) is 29.5 Å². The molecule has 15 nitrogen and oxygen atoms in total. The van der Waals surface area contributed by atoms with Gasteiger partial charge in [0.05, 0.1) is 52.0 Å². The molecule has 2 saturated heterocycles. The summed E-state index contributed by atoms with van der Waals surface area (Å²) in [5.41, 5.74) is 5.29. The number of nitriles is 1. The zero-order valence-electron chi connectivity index (χ0n) is 43.0. The van der Waals surface area contributed by atoms with Crippen molar-refractivity contribution < 1.29 is 34.1 Å². The van der Waals surface area contributed by atoms with Crippen molar-refractivity contribution in [2.75, 3.05) is 45.9 Å². The number of rotatable bonds is 17. The molecule has 7 rings (SSSR count). The average Bonchev–Trinajstić information content (AvgIpc) is 3.96. The number of aliphatic hydroxyl groups is 2. The topological polar surface area (TPSA) is 200 Å². The predicted molar refractivity (Wildman–Crippen MR) is 279 cm³/mol. The Morgan fingerprint density at radius 2 is 1.68 bits per heavy atom. The number of aromatic nitrogens is 1. The molecule has 1 saturated carbocycles. The van der Waals surface area contributed by atoms with Crippen LogP contribution in [0, 0.1) is 34.5 Å². The van der Waals surface area contributed by atoms with E-state index in [0.717, 1.165) is 46.6 Å². The van der Waals surface area contributed by atoms with Crippen molar-refractivity contribution in [3.63, 3.8) is 0 Å². The van der Waals surface area contributed by atoms with Crippen LogP contribution in [0.2, 0.25) is 5.02 Å². The highest BCUT2D eigenvalue weighted by Crippen LogP contribution is 2.55. The second kappa shape index (κ2) is 22.4. The van der Waals surface area contributed by atoms with Crippen molar-refractivity contribution >= 4 is 46.6 Å². The first-order valence-electron chi connectivity index (χ1n) is 24.9. The summed E-state index contributed by atoms with van der Waals surface area (Å²) in [5.74, 6) is -0.699. The highest BCUT2D eigenvalue weighted by Gasteiger charge is 2.64. The number of thiazole rings is 1. The van der Waals surface area contributed by atoms with E-state index in [4.69, 9.17) is 16.3 Å². The quantitative estimate of drug-likeness (QED) is 0.0770. The molecule has 0 bridgehead atoms. The third kappa shape index (κ3) is 12.2. The van der Waals surface area contributed by atoms with Gasteiger partial charge in [-0.3, -0.25) is 29.0 Å². The van der Waals surface area contributed by atoms with Gasteiger partial charge in [0.15, 0.2) is 0 Å². The second-order valence-electron chi connectivity index (χ2n) is 22.1. The minimum Gasteiger partial charge on any atom is -0.489 e. The fraction of sp³-hybridized carbons (Fsp3) is 0.527. The van der Waals surface area contributed by atoms with E-state index in [0.29, 0.717) is 41.5 Å². The Morgan fingerprint density at radius 1 is 0.986 bits per heavy atom. The maximum atomic E-state index is 14.3. The number of hydrogen-bond donors (Lipinski definition) is 5. The van der Waals surface area contributed by atoms with E-state index >= 15 is 0 Å². The lowest BCUT2D eigenvalue weighted by Crippen LogP contribution is -2.74. The Labute approximate surface area is 433 Å². The summed E-state index contributed by atoms with van der Waals surface area (Å²) >= 11 is 7.84. The third-order valence-corrected chi connectivity index (χ3v) is 16.2. The molecule has 72 heavy (non-hydrogen) atoms. The molecule has 3 aromatic carbocycles. The van der Waals surface area contributed by atoms with Gasteiger partial charge in [-0.2, -0.15) is 5.26 Å². The predicted octanol–water partition coefficient (Wildman–Crippen LogP) is 6.54. The third-order valence-electron chi connectivity index (χ3n) is 14.9. The summed E-state index contributed by atoms with van der Waals surface area (Å²) in [5, 5.41) is 40.1. The van der Waals surface area contributed by atoms with Crippen LogP contribution in [0.25, 0.3) is 10.4 Å². The molecule has 3 fully saturated rings. The van der Waals surface area contributed by atoms with Crippen molar-refractivity contribution in [1.82, 2.24) is 35.6 Å². The van der Waals surface area contributed by atoms with Gasteiger partial charge in [0.1, 0.15) is 30.0 Å². The minimum atomic E-state index is -0.957. The van der Waals surface area contributed by atoms with E-state index in [1.807, 2.05) is 93.6 Å². The lowest BCUT2D eigenvalue weighted by molar-refractivity contribution is -0.164. The number of nitrogens with zero attached hydrogens (tertiary/aromatic N) is 5. The van der Waals surface area contributed by atoms with Gasteiger partial charge in [-0.25, -0.2) is 4.98 Å². The maximum Gasteiger partial charge on any atom is 0.251 e. The van der Waals surface area contributed by atoms with Crippen LogP contribution in [-0.2, 0) is 20.8 Å². The van der Waals surface area contributed by atoms with Crippen LogP contribution < -0.4 is 20.7 Å². The maximum absolute atomic E-state index is 14.3. The van der Waals surface area contributed by atoms with Crippen molar-refractivity contribution in [2.45, 2.75) is 124 Å². The summed E-state index contributed by atoms with van der Waals surface area (Å²) < 4.78 is 6.38. The van der Waals surface area contributed by atoms with Gasteiger partial charge in [-0.05, 0) is 79.6 Å². The number of carbonyl (C=O) groups is 4. The van der Waals surface area contributed by atoms with E-state index < -0.39 is 29.5 Å². The molecular formula is C55H71ClN8O7S. The van der Waals surface area contributed by atoms with E-state index in [9.17, 15) is 34.7 Å². The number of piperazine rings is 1. The SMILES string of the molecule is Cc1ncsc1-c1ccc([C@H](C)NC(=O)C2C[C@@H](O)CN2C(=O)[C@@H](NC(=O)CN2CCN(CCCc3ccc(C(=O)N[C@H]4C(C)(C)[C@H](Oc5ccc(C#N)c(Cl)c5)C4(C)C)cc3)[C@H](CO)C2)C(C)(C)C)cc1. The summed E-state index contributed by atoms with van der Waals surface area (Å²) in [6.07, 6.45) is 0.608. The van der Waals surface area contributed by atoms with E-state index in [-0.39, 0.29) is 78.9 Å². The zero-order valence-corrected chi connectivity index (χ0v) is 44.6. The normalized spacial score (nSPS) is 22.8. The summed E-state index contributed by atoms with van der Waals surface area (Å²) in [4.78, 5) is 66.4. The van der Waals surface area contributed by atoms with Crippen LogP contribution in [0.3, 0.4) is 0 Å². The molecule has 4 aromatic rings. The fourth-order valence-electron chi connectivity index (χ4n) is 11.1. The summed E-state index contributed by atoms with van der Waals surface area (Å²) in [6, 6.07) is 20.2. The van der Waals surface area contributed by atoms with Gasteiger partial charge in [0, 0.05) is 67.1 Å². The van der Waals surface area contributed by atoms with Crippen LogP contribution >= 0.6 is 22.9 Å². The highest BCUT2D eigenvalue weighted by atomic mass is 35.5. The average molecular weight is 1020 g/mol. The molecule has 386 valence electrons. The molecule has 5 atom stereocenters. The Hall–Kier alpha value is -5.41. The van der Waals surface area contributed by atoms with Crippen LogP contribution in [0.5, 0.6) is 5.75 Å². The molecule has 0 spiro atoms. The van der Waals surface area contributed by atoms with Gasteiger partial charge >= 0.3 is 0 Å². The second-order valence-corrected chi connectivity index (χ2v) is 23.4. The van der Waals surface area contributed by atoms with Gasteiger partial charge in [0.25, 0.3) is 5.91 Å². The highest BCUT2D eigenvalue weighted by molar-refractivity contribution is 7.13. The largest absolute Gasteiger partial charge is 0.489 e. The zero-order chi connectivity index (χ0) is 52.3. The number of nitrogens with one attached hydrogen (secondary N) is 3. The Morgan fingerprint density at radius 3 is 2.29 bits per heavy atom. The van der Waals surface area contributed by atoms with Gasteiger partial charge in [-0.15, -0.1) is 11.3 Å². The number of benzene rings is 3. The lowest BCUT2D eigenvalue weighted by atomic mass is 9.49. The molecular weight excluding hydrogens is 952 g/mol. The number of amides is 4. The van der Waals surface area contributed by atoms with Crippen molar-refractivity contribution in [1.29, 1.82) is 5.26 Å². The molecule has 5 N–H and O–H groups in total. The fourth-order valence-corrected chi connectivity index (χ4v) is 12.1. The van der Waals surface area contributed by atoms with Gasteiger partial charge in [-0.1, -0.05) is 96.5 Å². The number of halogens is 1. The van der Waals surface area contributed by atoms with Crippen LogP contribution in [0.4, 0.5) is 0 Å². The van der Waals surface area contributed by atoms with E-state index in [2.05, 4.69) is 59.6 Å².